The first-order chi connectivity index (χ1) is 9.18. The van der Waals surface area contributed by atoms with Gasteiger partial charge in [0.05, 0.1) is 0 Å². The molecule has 1 heterocycles. The van der Waals surface area contributed by atoms with Gasteiger partial charge in [0, 0.05) is 0 Å². The molecule has 20 heavy (non-hydrogen) atoms. The van der Waals surface area contributed by atoms with Gasteiger partial charge in [-0.25, -0.2) is 0 Å². The van der Waals surface area contributed by atoms with Crippen LogP contribution in [-0.2, 0) is 10.8 Å². The third-order valence-corrected chi connectivity index (χ3v) is 7.37. The van der Waals surface area contributed by atoms with E-state index in [9.17, 15) is 0 Å². The molecule has 0 aliphatic carbocycles. The van der Waals surface area contributed by atoms with E-state index >= 15 is 0 Å². The Bertz CT molecular complexity index is 551. The summed E-state index contributed by atoms with van der Waals surface area (Å²) in [5.41, 5.74) is 3.20. The van der Waals surface area contributed by atoms with Crippen molar-refractivity contribution in [1.82, 2.24) is 0 Å². The molecule has 0 unspecified atom stereocenters. The molecule has 0 aliphatic heterocycles. The molecule has 0 radical (unpaired) electrons. The second-order valence-corrected chi connectivity index (χ2v) is 9.71. The molecule has 0 N–H and O–H groups in total. The van der Waals surface area contributed by atoms with Crippen LogP contribution in [0.3, 0.4) is 0 Å². The van der Waals surface area contributed by atoms with E-state index in [0.29, 0.717) is 14.5 Å². The van der Waals surface area contributed by atoms with Crippen LogP contribution in [0.5, 0.6) is 0 Å². The zero-order chi connectivity index (χ0) is 15.0. The van der Waals surface area contributed by atoms with Gasteiger partial charge in [-0.05, 0) is 0 Å². The molecular formula is C19H25Se+. The molecule has 106 valence electrons. The summed E-state index contributed by atoms with van der Waals surface area (Å²) >= 11 is 0.467. The average Bonchev–Trinajstić information content (AvgIpc) is 2.37. The van der Waals surface area contributed by atoms with E-state index in [1.54, 1.807) is 8.87 Å². The minimum atomic E-state index is 0.255. The second-order valence-electron chi connectivity index (χ2n) is 7.44. The number of benzene rings is 1. The van der Waals surface area contributed by atoms with Crippen molar-refractivity contribution >= 4 is 14.5 Å². The van der Waals surface area contributed by atoms with Gasteiger partial charge < -0.3 is 0 Å². The van der Waals surface area contributed by atoms with Gasteiger partial charge in [-0.15, -0.1) is 0 Å². The van der Waals surface area contributed by atoms with Gasteiger partial charge >= 0.3 is 129 Å². The molecule has 2 rings (SSSR count). The molecule has 0 fully saturated rings. The van der Waals surface area contributed by atoms with Crippen molar-refractivity contribution in [3.63, 3.8) is 0 Å². The van der Waals surface area contributed by atoms with Gasteiger partial charge in [0.2, 0.25) is 0 Å². The first kappa shape index (κ1) is 15.5. The van der Waals surface area contributed by atoms with Crippen LogP contribution in [0.2, 0.25) is 0 Å². The average molecular weight is 332 g/mol. The monoisotopic (exact) mass is 333 g/mol. The third kappa shape index (κ3) is 3.59. The fraction of sp³-hybridized carbons (Fsp3) is 0.421. The summed E-state index contributed by atoms with van der Waals surface area (Å²) in [5, 5.41) is 0. The number of rotatable bonds is 1. The summed E-state index contributed by atoms with van der Waals surface area (Å²) in [6.07, 6.45) is 0. The maximum absolute atomic E-state index is 2.42. The molecule has 0 saturated heterocycles. The fourth-order valence-electron chi connectivity index (χ4n) is 2.04. The van der Waals surface area contributed by atoms with Crippen LogP contribution in [-0.4, -0.2) is 14.5 Å². The molecule has 0 bridgehead atoms. The molecule has 1 aromatic heterocycles. The van der Waals surface area contributed by atoms with Crippen molar-refractivity contribution < 1.29 is 0 Å². The Balaban J connectivity index is 2.64. The van der Waals surface area contributed by atoms with Crippen LogP contribution in [0.4, 0.5) is 0 Å². The SMILES string of the molecule is CC(C)(C)c1cc(-c2ccccc2)cc(C(C)(C)C)[se+]1. The van der Waals surface area contributed by atoms with Crippen LogP contribution in [0.25, 0.3) is 11.1 Å². The Kier molecular flexibility index (Phi) is 4.23. The van der Waals surface area contributed by atoms with Gasteiger partial charge in [-0.3, -0.25) is 0 Å². The van der Waals surface area contributed by atoms with E-state index in [1.165, 1.54) is 11.1 Å². The van der Waals surface area contributed by atoms with Crippen molar-refractivity contribution in [2.75, 3.05) is 0 Å². The van der Waals surface area contributed by atoms with Crippen LogP contribution in [0, 0.1) is 0 Å². The van der Waals surface area contributed by atoms with E-state index in [1.807, 2.05) is 0 Å². The normalized spacial score (nSPS) is 12.5. The Morgan fingerprint density at radius 2 is 1.10 bits per heavy atom. The standard InChI is InChI=1S/C19H25Se/c1-18(2,3)16-12-15(14-10-8-7-9-11-14)13-17(20-16)19(4,5)6/h7-13H,1-6H3/q+1. The van der Waals surface area contributed by atoms with Gasteiger partial charge in [0.15, 0.2) is 0 Å². The topological polar surface area (TPSA) is 0 Å². The Morgan fingerprint density at radius 1 is 0.650 bits per heavy atom. The van der Waals surface area contributed by atoms with Crippen LogP contribution in [0.15, 0.2) is 42.5 Å². The van der Waals surface area contributed by atoms with E-state index in [0.717, 1.165) is 0 Å². The van der Waals surface area contributed by atoms with E-state index in [2.05, 4.69) is 84.0 Å². The molecule has 0 saturated carbocycles. The number of hydrogen-bond donors (Lipinski definition) is 0. The van der Waals surface area contributed by atoms with Gasteiger partial charge in [-0.1, -0.05) is 0 Å². The van der Waals surface area contributed by atoms with Gasteiger partial charge in [-0.2, -0.15) is 0 Å². The Hall–Kier alpha value is -0.911. The molecule has 1 heteroatoms. The summed E-state index contributed by atoms with van der Waals surface area (Å²) in [6, 6.07) is 15.6. The molecular weight excluding hydrogens is 307 g/mol. The quantitative estimate of drug-likeness (QED) is 0.623. The van der Waals surface area contributed by atoms with Crippen molar-refractivity contribution in [2.24, 2.45) is 0 Å². The maximum atomic E-state index is 2.42. The first-order valence-corrected chi connectivity index (χ1v) is 8.94. The molecule has 0 atom stereocenters. The van der Waals surface area contributed by atoms with Crippen molar-refractivity contribution in [2.45, 2.75) is 52.4 Å². The Morgan fingerprint density at radius 3 is 1.50 bits per heavy atom. The second kappa shape index (κ2) is 5.47. The Labute approximate surface area is 129 Å². The van der Waals surface area contributed by atoms with E-state index in [4.69, 9.17) is 0 Å². The first-order valence-electron chi connectivity index (χ1n) is 7.22. The third-order valence-electron chi connectivity index (χ3n) is 3.38. The van der Waals surface area contributed by atoms with Crippen LogP contribution >= 0.6 is 0 Å². The predicted octanol–water partition coefficient (Wildman–Crippen LogP) is 5.29. The summed E-state index contributed by atoms with van der Waals surface area (Å²) in [4.78, 5) is 0. The molecule has 2 aromatic rings. The number of hydrogen-bond acceptors (Lipinski definition) is 0. The summed E-state index contributed by atoms with van der Waals surface area (Å²) in [5.74, 6) is 0. The molecule has 0 amide bonds. The molecule has 0 spiro atoms. The predicted molar refractivity (Wildman–Crippen MR) is 90.6 cm³/mol. The van der Waals surface area contributed by atoms with E-state index in [-0.39, 0.29) is 10.8 Å². The molecule has 0 aliphatic rings. The zero-order valence-corrected chi connectivity index (χ0v) is 15.2. The summed E-state index contributed by atoms with van der Waals surface area (Å²) in [7, 11) is 0. The van der Waals surface area contributed by atoms with Crippen molar-refractivity contribution in [3.05, 3.63) is 51.3 Å². The van der Waals surface area contributed by atoms with Gasteiger partial charge in [0.25, 0.3) is 0 Å². The minimum absolute atomic E-state index is 0.255. The van der Waals surface area contributed by atoms with Crippen molar-refractivity contribution in [1.29, 1.82) is 0 Å². The molecule has 0 nitrogen and oxygen atoms in total. The molecule has 1 aromatic carbocycles. The summed E-state index contributed by atoms with van der Waals surface area (Å²) < 4.78 is 3.19. The van der Waals surface area contributed by atoms with Crippen LogP contribution < -0.4 is 0 Å². The van der Waals surface area contributed by atoms with Crippen molar-refractivity contribution in [3.8, 4) is 11.1 Å². The van der Waals surface area contributed by atoms with E-state index < -0.39 is 0 Å². The zero-order valence-electron chi connectivity index (χ0n) is 13.4. The van der Waals surface area contributed by atoms with Gasteiger partial charge in [0.1, 0.15) is 0 Å². The van der Waals surface area contributed by atoms with Crippen LogP contribution in [0.1, 0.15) is 50.4 Å². The summed E-state index contributed by atoms with van der Waals surface area (Å²) in [6.45, 7) is 14.0. The fourth-order valence-corrected chi connectivity index (χ4v) is 4.60.